The van der Waals surface area contributed by atoms with E-state index in [1.165, 1.54) is 0 Å². The molecule has 4 heteroatoms. The number of rotatable bonds is 2. The number of hydrogen-bond donors (Lipinski definition) is 2. The van der Waals surface area contributed by atoms with Crippen LogP contribution in [-0.4, -0.2) is 6.54 Å². The molecule has 4 nitrogen and oxygen atoms in total. The van der Waals surface area contributed by atoms with Gasteiger partial charge in [-0.2, -0.15) is 10.5 Å². The van der Waals surface area contributed by atoms with E-state index in [1.54, 1.807) is 0 Å². The molecule has 0 unspecified atom stereocenters. The van der Waals surface area contributed by atoms with Crippen LogP contribution in [0.25, 0.3) is 0 Å². The van der Waals surface area contributed by atoms with E-state index in [9.17, 15) is 0 Å². The molecule has 0 saturated carbocycles. The second-order valence-corrected chi connectivity index (χ2v) is 3.12. The van der Waals surface area contributed by atoms with Gasteiger partial charge >= 0.3 is 0 Å². The van der Waals surface area contributed by atoms with E-state index < -0.39 is 0 Å². The largest absolute Gasteiger partial charge is 0.361 e. The molecule has 3 N–H and O–H groups in total. The highest BCUT2D eigenvalue weighted by atomic mass is 14.9. The summed E-state index contributed by atoms with van der Waals surface area (Å²) in [5, 5.41) is 20.7. The first-order valence-electron chi connectivity index (χ1n) is 4.42. The summed E-state index contributed by atoms with van der Waals surface area (Å²) in [5.74, 6) is 0. The lowest BCUT2D eigenvalue weighted by Crippen LogP contribution is -2.21. The van der Waals surface area contributed by atoms with Crippen LogP contribution in [0.2, 0.25) is 0 Å². The molecule has 0 aromatic heterocycles. The molecule has 0 fully saturated rings. The van der Waals surface area contributed by atoms with Crippen molar-refractivity contribution in [2.75, 3.05) is 6.54 Å². The summed E-state index contributed by atoms with van der Waals surface area (Å²) in [4.78, 5) is 0. The predicted octanol–water partition coefficient (Wildman–Crippen LogP) is 0.904. The van der Waals surface area contributed by atoms with Crippen molar-refractivity contribution in [1.29, 1.82) is 10.5 Å². The van der Waals surface area contributed by atoms with Gasteiger partial charge in [0.05, 0.1) is 23.3 Å². The number of nitriles is 2. The van der Waals surface area contributed by atoms with E-state index in [1.807, 2.05) is 6.92 Å². The topological polar surface area (TPSA) is 85.6 Å². The van der Waals surface area contributed by atoms with Crippen molar-refractivity contribution in [1.82, 2.24) is 5.32 Å². The molecule has 0 aliphatic carbocycles. The molecule has 0 spiro atoms. The maximum atomic E-state index is 8.87. The minimum atomic E-state index is 0.432. The van der Waals surface area contributed by atoms with Gasteiger partial charge < -0.3 is 11.1 Å². The van der Waals surface area contributed by atoms with Crippen molar-refractivity contribution in [2.45, 2.75) is 19.8 Å². The van der Waals surface area contributed by atoms with Gasteiger partial charge in [0, 0.05) is 24.2 Å². The second-order valence-electron chi connectivity index (χ2n) is 3.12. The van der Waals surface area contributed by atoms with Gasteiger partial charge in [-0.3, -0.25) is 0 Å². The summed E-state index contributed by atoms with van der Waals surface area (Å²) in [7, 11) is 0. The Morgan fingerprint density at radius 2 is 2.00 bits per heavy atom. The summed E-state index contributed by atoms with van der Waals surface area (Å²) in [5.41, 5.74) is 8.36. The number of allylic oxidation sites excluding steroid dienone is 3. The fraction of sp³-hybridized carbons (Fsp3) is 0.400. The second kappa shape index (κ2) is 4.45. The quantitative estimate of drug-likeness (QED) is 0.674. The molecule has 0 radical (unpaired) electrons. The van der Waals surface area contributed by atoms with Gasteiger partial charge in [0.15, 0.2) is 0 Å². The van der Waals surface area contributed by atoms with Crippen LogP contribution in [0.15, 0.2) is 22.5 Å². The highest BCUT2D eigenvalue weighted by Crippen LogP contribution is 2.22. The third kappa shape index (κ3) is 1.93. The summed E-state index contributed by atoms with van der Waals surface area (Å²) < 4.78 is 0. The monoisotopic (exact) mass is 188 g/mol. The van der Waals surface area contributed by atoms with Crippen LogP contribution in [0, 0.1) is 22.7 Å². The third-order valence-electron chi connectivity index (χ3n) is 2.17. The van der Waals surface area contributed by atoms with E-state index in [4.69, 9.17) is 16.3 Å². The molecule has 14 heavy (non-hydrogen) atoms. The summed E-state index contributed by atoms with van der Waals surface area (Å²) in [6, 6.07) is 4.18. The van der Waals surface area contributed by atoms with Gasteiger partial charge in [0.1, 0.15) is 0 Å². The van der Waals surface area contributed by atoms with Gasteiger partial charge in [0.2, 0.25) is 0 Å². The number of nitrogens with two attached hydrogens (primary N) is 1. The van der Waals surface area contributed by atoms with Crippen LogP contribution in [0.5, 0.6) is 0 Å². The zero-order valence-corrected chi connectivity index (χ0v) is 8.09. The lowest BCUT2D eigenvalue weighted by molar-refractivity contribution is 0.790. The van der Waals surface area contributed by atoms with Crippen molar-refractivity contribution >= 4 is 0 Å². The van der Waals surface area contributed by atoms with E-state index in [2.05, 4.69) is 17.5 Å². The van der Waals surface area contributed by atoms with Crippen molar-refractivity contribution in [3.63, 3.8) is 0 Å². The van der Waals surface area contributed by atoms with Crippen molar-refractivity contribution in [3.8, 4) is 12.1 Å². The Balaban J connectivity index is 2.93. The fourth-order valence-corrected chi connectivity index (χ4v) is 1.38. The minimum absolute atomic E-state index is 0.432. The van der Waals surface area contributed by atoms with Gasteiger partial charge in [-0.15, -0.1) is 0 Å². The normalized spacial score (nSPS) is 16.0. The molecule has 1 heterocycles. The molecular weight excluding hydrogens is 176 g/mol. The van der Waals surface area contributed by atoms with Crippen LogP contribution < -0.4 is 11.1 Å². The molecule has 0 aromatic rings. The van der Waals surface area contributed by atoms with Crippen molar-refractivity contribution in [2.24, 2.45) is 5.73 Å². The number of hydrogen-bond acceptors (Lipinski definition) is 4. The van der Waals surface area contributed by atoms with Gasteiger partial charge in [-0.25, -0.2) is 0 Å². The van der Waals surface area contributed by atoms with E-state index >= 15 is 0 Å². The van der Waals surface area contributed by atoms with Crippen LogP contribution in [0.4, 0.5) is 0 Å². The Morgan fingerprint density at radius 3 is 2.50 bits per heavy atom. The Kier molecular flexibility index (Phi) is 3.28. The van der Waals surface area contributed by atoms with Crippen LogP contribution in [-0.2, 0) is 0 Å². The molecule has 0 aromatic carbocycles. The van der Waals surface area contributed by atoms with E-state index in [0.717, 1.165) is 11.4 Å². The molecule has 1 aliphatic rings. The Hall–Kier alpha value is -1.78. The first-order chi connectivity index (χ1) is 6.72. The highest BCUT2D eigenvalue weighted by molar-refractivity contribution is 5.43. The zero-order valence-electron chi connectivity index (χ0n) is 8.09. The van der Waals surface area contributed by atoms with Crippen molar-refractivity contribution < 1.29 is 0 Å². The molecular formula is C10H12N4. The maximum Gasteiger partial charge on any atom is 0.0969 e. The lowest BCUT2D eigenvalue weighted by atomic mass is 9.98. The third-order valence-corrected chi connectivity index (χ3v) is 2.17. The first kappa shape index (κ1) is 10.3. The van der Waals surface area contributed by atoms with Gasteiger partial charge in [-0.1, -0.05) is 0 Å². The highest BCUT2D eigenvalue weighted by Gasteiger charge is 2.16. The molecule has 0 amide bonds. The average Bonchev–Trinajstić information content (AvgIpc) is 2.19. The van der Waals surface area contributed by atoms with Crippen LogP contribution in [0.3, 0.4) is 0 Å². The fourth-order valence-electron chi connectivity index (χ4n) is 1.38. The van der Waals surface area contributed by atoms with Crippen LogP contribution >= 0.6 is 0 Å². The standard InChI is InChI=1S/C10H12N4/c1-7-8(5-12)4-9(6-13)10(14-7)2-3-11/h14H,2-4,11H2,1H3. The lowest BCUT2D eigenvalue weighted by Gasteiger charge is -2.19. The average molecular weight is 188 g/mol. The number of nitrogens with one attached hydrogen (secondary N) is 1. The smallest absolute Gasteiger partial charge is 0.0969 e. The molecule has 1 aliphatic heterocycles. The number of nitrogens with zero attached hydrogens (tertiary/aromatic N) is 2. The van der Waals surface area contributed by atoms with Gasteiger partial charge in [0.25, 0.3) is 0 Å². The first-order valence-corrected chi connectivity index (χ1v) is 4.42. The molecule has 72 valence electrons. The van der Waals surface area contributed by atoms with E-state index in [-0.39, 0.29) is 0 Å². The number of dihydropyridines is 1. The zero-order chi connectivity index (χ0) is 10.6. The maximum absolute atomic E-state index is 8.87. The summed E-state index contributed by atoms with van der Waals surface area (Å²) in [6.07, 6.45) is 1.08. The molecule has 0 atom stereocenters. The van der Waals surface area contributed by atoms with Crippen LogP contribution in [0.1, 0.15) is 19.8 Å². The van der Waals surface area contributed by atoms with Gasteiger partial charge in [-0.05, 0) is 13.5 Å². The SMILES string of the molecule is CC1=C(C#N)CC(C#N)=C(CCN)N1. The van der Waals surface area contributed by atoms with Crippen molar-refractivity contribution in [3.05, 3.63) is 22.5 Å². The molecule has 0 bridgehead atoms. The summed E-state index contributed by atoms with van der Waals surface area (Å²) in [6.45, 7) is 2.34. The Bertz CT molecular complexity index is 376. The molecule has 1 rings (SSSR count). The van der Waals surface area contributed by atoms with E-state index in [0.29, 0.717) is 30.5 Å². The minimum Gasteiger partial charge on any atom is -0.361 e. The molecule has 0 saturated heterocycles. The Labute approximate surface area is 83.3 Å². The Morgan fingerprint density at radius 1 is 1.36 bits per heavy atom. The summed E-state index contributed by atoms with van der Waals surface area (Å²) >= 11 is 0. The predicted molar refractivity (Wildman–Crippen MR) is 52.4 cm³/mol.